The van der Waals surface area contributed by atoms with E-state index in [0.29, 0.717) is 11.3 Å². The van der Waals surface area contributed by atoms with E-state index in [1.807, 2.05) is 0 Å². The first kappa shape index (κ1) is 9.97. The van der Waals surface area contributed by atoms with E-state index in [-0.39, 0.29) is 4.90 Å². The number of sulfone groups is 1. The van der Waals surface area contributed by atoms with E-state index in [1.165, 1.54) is 25.3 Å². The fourth-order valence-electron chi connectivity index (χ4n) is 1.49. The number of benzene rings is 1. The highest BCUT2D eigenvalue weighted by Gasteiger charge is 2.45. The second-order valence-corrected chi connectivity index (χ2v) is 4.94. The molecule has 79 valence electrons. The monoisotopic (exact) mass is 227 g/mol. The Labute approximate surface area is 86.5 Å². The molecule has 0 spiro atoms. The van der Waals surface area contributed by atoms with Crippen molar-refractivity contribution in [1.29, 1.82) is 0 Å². The first-order valence-corrected chi connectivity index (χ1v) is 5.60. The standard InChI is InChI=1S/C9H7O5S/c1-13-6-2-3-8-7(4-6)9(14-5-10)15(8,11)12/h2-4,9H,1H3. The number of ether oxygens (including phenoxy) is 2. The van der Waals surface area contributed by atoms with Crippen molar-refractivity contribution >= 4 is 16.3 Å². The van der Waals surface area contributed by atoms with Gasteiger partial charge in [0, 0.05) is 5.56 Å². The molecule has 1 aromatic rings. The van der Waals surface area contributed by atoms with Gasteiger partial charge in [0.2, 0.25) is 15.3 Å². The van der Waals surface area contributed by atoms with Crippen LogP contribution in [0.25, 0.3) is 0 Å². The minimum absolute atomic E-state index is 0.170. The van der Waals surface area contributed by atoms with E-state index in [0.717, 1.165) is 6.47 Å². The van der Waals surface area contributed by atoms with Gasteiger partial charge in [0.25, 0.3) is 0 Å². The van der Waals surface area contributed by atoms with Crippen molar-refractivity contribution in [3.05, 3.63) is 23.8 Å². The lowest BCUT2D eigenvalue weighted by molar-refractivity contribution is 0.231. The smallest absolute Gasteiger partial charge is 0.419 e. The molecule has 1 atom stereocenters. The lowest BCUT2D eigenvalue weighted by Crippen LogP contribution is -2.28. The van der Waals surface area contributed by atoms with Crippen LogP contribution in [-0.2, 0) is 19.4 Å². The summed E-state index contributed by atoms with van der Waals surface area (Å²) < 4.78 is 32.3. The number of hydrogen-bond acceptors (Lipinski definition) is 5. The second kappa shape index (κ2) is 3.23. The van der Waals surface area contributed by atoms with Crippen LogP contribution in [0.4, 0.5) is 0 Å². The topological polar surface area (TPSA) is 69.7 Å². The van der Waals surface area contributed by atoms with E-state index >= 15 is 0 Å². The van der Waals surface area contributed by atoms with Gasteiger partial charge >= 0.3 is 6.47 Å². The van der Waals surface area contributed by atoms with Gasteiger partial charge in [0.05, 0.1) is 12.0 Å². The van der Waals surface area contributed by atoms with Gasteiger partial charge < -0.3 is 9.47 Å². The normalized spacial score (nSPS) is 21.0. The van der Waals surface area contributed by atoms with Gasteiger partial charge in [-0.1, -0.05) is 0 Å². The van der Waals surface area contributed by atoms with E-state index in [9.17, 15) is 13.2 Å². The first-order valence-electron chi connectivity index (χ1n) is 4.06. The molecule has 0 aliphatic carbocycles. The summed E-state index contributed by atoms with van der Waals surface area (Å²) >= 11 is 0. The maximum Gasteiger partial charge on any atom is 0.419 e. The average molecular weight is 227 g/mol. The lowest BCUT2D eigenvalue weighted by Gasteiger charge is -2.27. The van der Waals surface area contributed by atoms with Gasteiger partial charge in [-0.05, 0) is 18.2 Å². The summed E-state index contributed by atoms with van der Waals surface area (Å²) in [4.78, 5) is 10.2. The molecule has 1 unspecified atom stereocenters. The minimum Gasteiger partial charge on any atom is -0.497 e. The number of hydrogen-bond donors (Lipinski definition) is 0. The van der Waals surface area contributed by atoms with Crippen molar-refractivity contribution < 1.29 is 22.7 Å². The number of rotatable bonds is 3. The second-order valence-electron chi connectivity index (χ2n) is 2.98. The highest BCUT2D eigenvalue weighted by atomic mass is 32.2. The fraction of sp³-hybridized carbons (Fsp3) is 0.222. The quantitative estimate of drug-likeness (QED) is 0.754. The molecule has 0 amide bonds. The van der Waals surface area contributed by atoms with Gasteiger partial charge in [0.15, 0.2) is 0 Å². The molecule has 0 fully saturated rings. The van der Waals surface area contributed by atoms with Gasteiger partial charge in [-0.3, -0.25) is 0 Å². The van der Waals surface area contributed by atoms with Crippen molar-refractivity contribution in [3.63, 3.8) is 0 Å². The van der Waals surface area contributed by atoms with Crippen LogP contribution in [0, 0.1) is 0 Å². The van der Waals surface area contributed by atoms with Gasteiger partial charge in [-0.15, -0.1) is 0 Å². The van der Waals surface area contributed by atoms with E-state index < -0.39 is 15.3 Å². The van der Waals surface area contributed by atoms with Crippen LogP contribution >= 0.6 is 0 Å². The zero-order valence-electron chi connectivity index (χ0n) is 7.76. The molecule has 1 aliphatic heterocycles. The van der Waals surface area contributed by atoms with E-state index in [4.69, 9.17) is 4.74 Å². The van der Waals surface area contributed by atoms with Crippen LogP contribution in [0.1, 0.15) is 11.0 Å². The largest absolute Gasteiger partial charge is 0.497 e. The Hall–Kier alpha value is -1.56. The van der Waals surface area contributed by atoms with Gasteiger partial charge in [-0.25, -0.2) is 13.2 Å². The summed E-state index contributed by atoms with van der Waals surface area (Å²) in [6, 6.07) is 4.49. The Kier molecular flexibility index (Phi) is 2.15. The molecule has 0 aromatic heterocycles. The Bertz CT molecular complexity index is 505. The molecule has 2 rings (SSSR count). The minimum atomic E-state index is -3.51. The number of carbonyl (C=O) groups excluding carboxylic acids is 1. The summed E-state index contributed by atoms with van der Waals surface area (Å²) in [5, 5.41) is 0. The maximum atomic E-state index is 11.5. The highest BCUT2D eigenvalue weighted by Crippen LogP contribution is 2.44. The number of fused-ring (bicyclic) bond motifs is 1. The Balaban J connectivity index is 2.50. The van der Waals surface area contributed by atoms with Crippen LogP contribution in [0.5, 0.6) is 5.75 Å². The molecule has 1 aromatic carbocycles. The van der Waals surface area contributed by atoms with Gasteiger partial charge in [-0.2, -0.15) is 0 Å². The fourth-order valence-corrected chi connectivity index (χ4v) is 2.98. The molecule has 1 aliphatic rings. The molecule has 15 heavy (non-hydrogen) atoms. The van der Waals surface area contributed by atoms with Crippen molar-refractivity contribution in [2.24, 2.45) is 0 Å². The Morgan fingerprint density at radius 2 is 2.13 bits per heavy atom. The van der Waals surface area contributed by atoms with Crippen LogP contribution in [-0.4, -0.2) is 22.0 Å². The van der Waals surface area contributed by atoms with Crippen molar-refractivity contribution in [2.45, 2.75) is 10.3 Å². The SMILES string of the molecule is COc1ccc2c(c1)C(O[C]=O)S2(=O)=O. The zero-order valence-corrected chi connectivity index (χ0v) is 8.58. The summed E-state index contributed by atoms with van der Waals surface area (Å²) in [5.74, 6) is 0.517. The lowest BCUT2D eigenvalue weighted by atomic mass is 10.2. The summed E-state index contributed by atoms with van der Waals surface area (Å²) in [5.41, 5.74) is -0.808. The number of methoxy groups -OCH3 is 1. The van der Waals surface area contributed by atoms with Crippen LogP contribution in [0.3, 0.4) is 0 Å². The molecule has 5 nitrogen and oxygen atoms in total. The predicted octanol–water partition coefficient (Wildman–Crippen LogP) is 0.565. The van der Waals surface area contributed by atoms with Gasteiger partial charge in [0.1, 0.15) is 5.75 Å². The van der Waals surface area contributed by atoms with Crippen LogP contribution in [0.15, 0.2) is 23.1 Å². The molecule has 1 heterocycles. The molecule has 1 radical (unpaired) electrons. The molecule has 0 saturated carbocycles. The highest BCUT2D eigenvalue weighted by molar-refractivity contribution is 7.93. The summed E-state index contributed by atoms with van der Waals surface area (Å²) in [6.45, 7) is 1.13. The molecule has 0 saturated heterocycles. The van der Waals surface area contributed by atoms with Crippen LogP contribution in [0.2, 0.25) is 0 Å². The third kappa shape index (κ3) is 1.29. The summed E-state index contributed by atoms with van der Waals surface area (Å²) in [7, 11) is -2.04. The average Bonchev–Trinajstić information content (AvgIpc) is 2.25. The maximum absolute atomic E-state index is 11.5. The third-order valence-electron chi connectivity index (χ3n) is 2.21. The molecular formula is C9H7O5S. The zero-order chi connectivity index (χ0) is 11.1. The molecule has 6 heteroatoms. The molecular weight excluding hydrogens is 220 g/mol. The molecule has 0 N–H and O–H groups in total. The Morgan fingerprint density at radius 3 is 2.73 bits per heavy atom. The first-order chi connectivity index (χ1) is 7.11. The Morgan fingerprint density at radius 1 is 1.40 bits per heavy atom. The van der Waals surface area contributed by atoms with Crippen molar-refractivity contribution in [3.8, 4) is 5.75 Å². The predicted molar refractivity (Wildman–Crippen MR) is 49.7 cm³/mol. The van der Waals surface area contributed by atoms with Crippen molar-refractivity contribution in [1.82, 2.24) is 0 Å². The summed E-state index contributed by atoms with van der Waals surface area (Å²) in [6.07, 6.45) is 0. The van der Waals surface area contributed by atoms with E-state index in [2.05, 4.69) is 4.74 Å². The molecule has 0 bridgehead atoms. The van der Waals surface area contributed by atoms with Crippen molar-refractivity contribution in [2.75, 3.05) is 7.11 Å². The van der Waals surface area contributed by atoms with Crippen LogP contribution < -0.4 is 4.74 Å². The van der Waals surface area contributed by atoms with E-state index in [1.54, 1.807) is 0 Å². The third-order valence-corrected chi connectivity index (χ3v) is 4.11.